The number of fused-ring (bicyclic) bond motifs is 2. The highest BCUT2D eigenvalue weighted by atomic mass is 15.0. The zero-order valence-electron chi connectivity index (χ0n) is 13.7. The van der Waals surface area contributed by atoms with E-state index in [1.807, 2.05) is 36.5 Å². The van der Waals surface area contributed by atoms with Crippen LogP contribution in [0.3, 0.4) is 0 Å². The lowest BCUT2D eigenvalue weighted by Gasteiger charge is -2.31. The van der Waals surface area contributed by atoms with Crippen molar-refractivity contribution in [3.05, 3.63) is 59.7 Å². The molecule has 5 heteroatoms. The van der Waals surface area contributed by atoms with E-state index in [1.165, 1.54) is 17.7 Å². The van der Waals surface area contributed by atoms with Crippen molar-refractivity contribution in [3.63, 3.8) is 0 Å². The SMILES string of the molecule is NCC(NCc1nc2ccccc2[nH]1)C1CCCc2cccnc21. The first-order chi connectivity index (χ1) is 11.8. The van der Waals surface area contributed by atoms with Gasteiger partial charge in [-0.15, -0.1) is 0 Å². The van der Waals surface area contributed by atoms with Crippen LogP contribution in [-0.2, 0) is 13.0 Å². The molecule has 0 spiro atoms. The molecule has 24 heavy (non-hydrogen) atoms. The molecular weight excluding hydrogens is 298 g/mol. The summed E-state index contributed by atoms with van der Waals surface area (Å²) in [6, 6.07) is 12.5. The third-order valence-corrected chi connectivity index (χ3v) is 4.95. The number of aromatic amines is 1. The molecule has 1 aliphatic carbocycles. The largest absolute Gasteiger partial charge is 0.341 e. The predicted octanol–water partition coefficient (Wildman–Crippen LogP) is 2.49. The molecule has 0 saturated carbocycles. The smallest absolute Gasteiger partial charge is 0.121 e. The van der Waals surface area contributed by atoms with E-state index in [0.29, 0.717) is 19.0 Å². The molecule has 5 nitrogen and oxygen atoms in total. The van der Waals surface area contributed by atoms with Crippen LogP contribution >= 0.6 is 0 Å². The van der Waals surface area contributed by atoms with Crippen molar-refractivity contribution in [2.45, 2.75) is 37.8 Å². The Bertz CT molecular complexity index is 792. The Labute approximate surface area is 141 Å². The summed E-state index contributed by atoms with van der Waals surface area (Å²) < 4.78 is 0. The van der Waals surface area contributed by atoms with Crippen LogP contribution < -0.4 is 11.1 Å². The van der Waals surface area contributed by atoms with E-state index >= 15 is 0 Å². The second-order valence-electron chi connectivity index (χ2n) is 6.47. The van der Waals surface area contributed by atoms with Crippen molar-refractivity contribution < 1.29 is 0 Å². The average Bonchev–Trinajstić information content (AvgIpc) is 3.05. The number of rotatable bonds is 5. The van der Waals surface area contributed by atoms with Crippen LogP contribution in [0.1, 0.15) is 35.8 Å². The maximum atomic E-state index is 6.08. The maximum absolute atomic E-state index is 6.08. The summed E-state index contributed by atoms with van der Waals surface area (Å²) in [5.74, 6) is 1.33. The van der Waals surface area contributed by atoms with Gasteiger partial charge in [-0.25, -0.2) is 4.98 Å². The highest BCUT2D eigenvalue weighted by molar-refractivity contribution is 5.74. The number of H-pyrrole nitrogens is 1. The van der Waals surface area contributed by atoms with Crippen LogP contribution in [0.25, 0.3) is 11.0 Å². The average molecular weight is 321 g/mol. The number of benzene rings is 1. The van der Waals surface area contributed by atoms with Gasteiger partial charge in [0.05, 0.1) is 17.6 Å². The summed E-state index contributed by atoms with van der Waals surface area (Å²) in [7, 11) is 0. The van der Waals surface area contributed by atoms with Gasteiger partial charge in [0.25, 0.3) is 0 Å². The van der Waals surface area contributed by atoms with Crippen molar-refractivity contribution in [2.24, 2.45) is 5.73 Å². The molecule has 0 radical (unpaired) electrons. The van der Waals surface area contributed by atoms with Gasteiger partial charge >= 0.3 is 0 Å². The van der Waals surface area contributed by atoms with Crippen molar-refractivity contribution in [3.8, 4) is 0 Å². The number of nitrogens with zero attached hydrogens (tertiary/aromatic N) is 2. The Balaban J connectivity index is 1.50. The van der Waals surface area contributed by atoms with Crippen molar-refractivity contribution in [1.29, 1.82) is 0 Å². The first-order valence-electron chi connectivity index (χ1n) is 8.66. The van der Waals surface area contributed by atoms with Gasteiger partial charge in [-0.1, -0.05) is 18.2 Å². The van der Waals surface area contributed by atoms with Gasteiger partial charge in [-0.3, -0.25) is 4.98 Å². The molecular formula is C19H23N5. The molecule has 2 unspecified atom stereocenters. The number of hydrogen-bond donors (Lipinski definition) is 3. The fraction of sp³-hybridized carbons (Fsp3) is 0.368. The summed E-state index contributed by atoms with van der Waals surface area (Å²) in [6.07, 6.45) is 5.36. The molecule has 0 amide bonds. The van der Waals surface area contributed by atoms with Crippen LogP contribution in [0.15, 0.2) is 42.6 Å². The highest BCUT2D eigenvalue weighted by Gasteiger charge is 2.28. The zero-order valence-corrected chi connectivity index (χ0v) is 13.7. The van der Waals surface area contributed by atoms with E-state index in [1.54, 1.807) is 0 Å². The topological polar surface area (TPSA) is 79.6 Å². The molecule has 4 N–H and O–H groups in total. The first-order valence-corrected chi connectivity index (χ1v) is 8.66. The Morgan fingerprint density at radius 2 is 2.17 bits per heavy atom. The maximum Gasteiger partial charge on any atom is 0.121 e. The highest BCUT2D eigenvalue weighted by Crippen LogP contribution is 2.32. The van der Waals surface area contributed by atoms with Crippen LogP contribution in [0.2, 0.25) is 0 Å². The quantitative estimate of drug-likeness (QED) is 0.674. The number of aryl methyl sites for hydroxylation is 1. The zero-order chi connectivity index (χ0) is 16.4. The number of nitrogens with two attached hydrogens (primary N) is 1. The minimum atomic E-state index is 0.215. The third-order valence-electron chi connectivity index (χ3n) is 4.95. The molecule has 0 bridgehead atoms. The molecule has 3 aromatic rings. The Kier molecular flexibility index (Phi) is 4.28. The molecule has 1 aromatic carbocycles. The molecule has 2 atom stereocenters. The summed E-state index contributed by atoms with van der Waals surface area (Å²) in [6.45, 7) is 1.29. The second kappa shape index (κ2) is 6.71. The number of pyridine rings is 1. The van der Waals surface area contributed by atoms with Gasteiger partial charge in [0, 0.05) is 30.4 Å². The number of hydrogen-bond acceptors (Lipinski definition) is 4. The van der Waals surface area contributed by atoms with E-state index in [4.69, 9.17) is 5.73 Å². The van der Waals surface area contributed by atoms with Gasteiger partial charge in [0.15, 0.2) is 0 Å². The Morgan fingerprint density at radius 3 is 3.04 bits per heavy atom. The minimum absolute atomic E-state index is 0.215. The molecule has 124 valence electrons. The van der Waals surface area contributed by atoms with Gasteiger partial charge < -0.3 is 16.0 Å². The monoisotopic (exact) mass is 321 g/mol. The standard InChI is InChI=1S/C19H23N5/c20-11-17(14-7-3-5-13-6-4-10-21-19(13)14)22-12-18-23-15-8-1-2-9-16(15)24-18/h1-2,4,6,8-10,14,17,22H,3,5,7,11-12,20H2,(H,23,24). The lowest BCUT2D eigenvalue weighted by molar-refractivity contribution is 0.386. The Morgan fingerprint density at radius 1 is 1.25 bits per heavy atom. The summed E-state index contributed by atoms with van der Waals surface area (Å²) in [5, 5.41) is 3.60. The molecule has 1 aliphatic rings. The molecule has 0 aliphatic heterocycles. The van der Waals surface area contributed by atoms with Crippen molar-refractivity contribution >= 4 is 11.0 Å². The number of aromatic nitrogens is 3. The molecule has 2 aromatic heterocycles. The van der Waals surface area contributed by atoms with E-state index in [-0.39, 0.29) is 6.04 Å². The second-order valence-corrected chi connectivity index (χ2v) is 6.47. The fourth-order valence-electron chi connectivity index (χ4n) is 3.74. The predicted molar refractivity (Wildman–Crippen MR) is 95.7 cm³/mol. The van der Waals surface area contributed by atoms with Crippen molar-refractivity contribution in [2.75, 3.05) is 6.54 Å². The molecule has 0 saturated heterocycles. The van der Waals surface area contributed by atoms with Gasteiger partial charge in [-0.2, -0.15) is 0 Å². The van der Waals surface area contributed by atoms with Gasteiger partial charge in [0.2, 0.25) is 0 Å². The van der Waals surface area contributed by atoms with E-state index in [2.05, 4.69) is 26.3 Å². The lowest BCUT2D eigenvalue weighted by atomic mass is 9.82. The van der Waals surface area contributed by atoms with Crippen LogP contribution in [0, 0.1) is 0 Å². The normalized spacial score (nSPS) is 18.5. The Hall–Kier alpha value is -2.24. The van der Waals surface area contributed by atoms with Gasteiger partial charge in [-0.05, 0) is 43.0 Å². The summed E-state index contributed by atoms with van der Waals surface area (Å²) in [4.78, 5) is 12.6. The summed E-state index contributed by atoms with van der Waals surface area (Å²) >= 11 is 0. The number of nitrogens with one attached hydrogen (secondary N) is 2. The van der Waals surface area contributed by atoms with Crippen LogP contribution in [0.4, 0.5) is 0 Å². The van der Waals surface area contributed by atoms with E-state index in [9.17, 15) is 0 Å². The van der Waals surface area contributed by atoms with Crippen LogP contribution in [0.5, 0.6) is 0 Å². The summed E-state index contributed by atoms with van der Waals surface area (Å²) in [5.41, 5.74) is 10.7. The van der Waals surface area contributed by atoms with E-state index < -0.39 is 0 Å². The first kappa shape index (κ1) is 15.3. The number of para-hydroxylation sites is 2. The fourth-order valence-corrected chi connectivity index (χ4v) is 3.74. The third kappa shape index (κ3) is 2.92. The van der Waals surface area contributed by atoms with Crippen molar-refractivity contribution in [1.82, 2.24) is 20.3 Å². The minimum Gasteiger partial charge on any atom is -0.341 e. The van der Waals surface area contributed by atoms with E-state index in [0.717, 1.165) is 29.7 Å². The van der Waals surface area contributed by atoms with Crippen LogP contribution in [-0.4, -0.2) is 27.5 Å². The molecule has 4 rings (SSSR count). The van der Waals surface area contributed by atoms with Gasteiger partial charge in [0.1, 0.15) is 5.82 Å². The lowest BCUT2D eigenvalue weighted by Crippen LogP contribution is -2.42. The molecule has 2 heterocycles. The molecule has 0 fully saturated rings. The number of imidazole rings is 1.